The second kappa shape index (κ2) is 8.37. The number of aromatic nitrogens is 3. The molecule has 0 radical (unpaired) electrons. The number of nitrogens with zero attached hydrogens (tertiary/aromatic N) is 4. The molecule has 1 aliphatic rings. The molecule has 150 valence electrons. The molecule has 3 aromatic rings. The van der Waals surface area contributed by atoms with Gasteiger partial charge >= 0.3 is 0 Å². The van der Waals surface area contributed by atoms with Crippen molar-refractivity contribution in [2.75, 3.05) is 17.2 Å². The molecule has 8 heteroatoms. The van der Waals surface area contributed by atoms with Crippen molar-refractivity contribution in [2.24, 2.45) is 0 Å². The summed E-state index contributed by atoms with van der Waals surface area (Å²) < 4.78 is 1.88. The van der Waals surface area contributed by atoms with Gasteiger partial charge in [-0.2, -0.15) is 5.10 Å². The maximum absolute atomic E-state index is 13.3. The molecule has 28 heavy (non-hydrogen) atoms. The van der Waals surface area contributed by atoms with E-state index in [1.54, 1.807) is 6.20 Å². The van der Waals surface area contributed by atoms with Gasteiger partial charge in [-0.25, -0.2) is 9.67 Å². The number of aryl methyl sites for hydroxylation is 1. The number of hydrogen-bond donors (Lipinski definition) is 1. The van der Waals surface area contributed by atoms with E-state index in [0.717, 1.165) is 46.5 Å². The minimum absolute atomic E-state index is 0. The number of hydrogen-bond acceptors (Lipinski definition) is 4. The zero-order valence-corrected chi connectivity index (χ0v) is 17.8. The Hall–Kier alpha value is -2.31. The van der Waals surface area contributed by atoms with Gasteiger partial charge in [0.15, 0.2) is 5.65 Å². The lowest BCUT2D eigenvalue weighted by molar-refractivity contribution is 0.0984. The lowest BCUT2D eigenvalue weighted by Gasteiger charge is -2.30. The summed E-state index contributed by atoms with van der Waals surface area (Å²) in [7, 11) is 0. The van der Waals surface area contributed by atoms with Crippen molar-refractivity contribution in [1.29, 1.82) is 0 Å². The number of anilines is 2. The normalized spacial score (nSPS) is 13.1. The van der Waals surface area contributed by atoms with Crippen LogP contribution in [0, 0.1) is 6.92 Å². The van der Waals surface area contributed by atoms with E-state index in [-0.39, 0.29) is 36.8 Å². The van der Waals surface area contributed by atoms with Gasteiger partial charge in [-0.15, -0.1) is 24.8 Å². The third-order valence-corrected chi connectivity index (χ3v) is 5.01. The SMILES string of the molecule is Cc1nc2c(cnn2C(C)C)cc1C(=O)N1CCCc2c(N)cccc21.Cl.Cl. The number of carbonyl (C=O) groups is 1. The largest absolute Gasteiger partial charge is 0.398 e. The Balaban J connectivity index is 0.00000140. The van der Waals surface area contributed by atoms with Crippen molar-refractivity contribution in [3.8, 4) is 0 Å². The maximum atomic E-state index is 13.3. The van der Waals surface area contributed by atoms with E-state index in [2.05, 4.69) is 23.9 Å². The van der Waals surface area contributed by atoms with Crippen LogP contribution in [0.4, 0.5) is 11.4 Å². The molecule has 0 saturated heterocycles. The van der Waals surface area contributed by atoms with E-state index in [4.69, 9.17) is 5.73 Å². The van der Waals surface area contributed by atoms with Crippen LogP contribution in [0.2, 0.25) is 0 Å². The summed E-state index contributed by atoms with van der Waals surface area (Å²) in [6.07, 6.45) is 3.59. The number of rotatable bonds is 2. The summed E-state index contributed by atoms with van der Waals surface area (Å²) in [6, 6.07) is 7.90. The zero-order valence-electron chi connectivity index (χ0n) is 16.2. The Bertz CT molecular complexity index is 1020. The number of benzene rings is 1. The van der Waals surface area contributed by atoms with Crippen molar-refractivity contribution in [3.63, 3.8) is 0 Å². The fourth-order valence-electron chi connectivity index (χ4n) is 3.67. The number of carbonyl (C=O) groups excluding carboxylic acids is 1. The standard InChI is InChI=1S/C20H23N5O.2ClH/c1-12(2)25-19-14(11-22-25)10-16(13(3)23-19)20(26)24-9-5-6-15-17(21)7-4-8-18(15)24;;/h4,7-8,10-12H,5-6,9,21H2,1-3H3;2*1H. The van der Waals surface area contributed by atoms with Gasteiger partial charge in [-0.05, 0) is 57.4 Å². The Morgan fingerprint density at radius 1 is 1.25 bits per heavy atom. The summed E-state index contributed by atoms with van der Waals surface area (Å²) in [5.74, 6) is -0.0271. The lowest BCUT2D eigenvalue weighted by atomic mass is 9.98. The maximum Gasteiger partial charge on any atom is 0.260 e. The van der Waals surface area contributed by atoms with Gasteiger partial charge in [-0.1, -0.05) is 6.07 Å². The molecule has 0 bridgehead atoms. The molecule has 0 spiro atoms. The lowest BCUT2D eigenvalue weighted by Crippen LogP contribution is -2.36. The highest BCUT2D eigenvalue weighted by molar-refractivity contribution is 6.09. The van der Waals surface area contributed by atoms with Crippen molar-refractivity contribution < 1.29 is 4.79 Å². The molecule has 3 heterocycles. The molecule has 1 aromatic carbocycles. The Kier molecular flexibility index (Phi) is 6.57. The van der Waals surface area contributed by atoms with Crippen LogP contribution in [-0.4, -0.2) is 27.2 Å². The molecule has 0 atom stereocenters. The Morgan fingerprint density at radius 2 is 2.00 bits per heavy atom. The molecular weight excluding hydrogens is 397 g/mol. The minimum atomic E-state index is -0.0271. The number of pyridine rings is 1. The molecule has 1 aliphatic heterocycles. The second-order valence-electron chi connectivity index (χ2n) is 7.12. The number of fused-ring (bicyclic) bond motifs is 2. The first-order chi connectivity index (χ1) is 12.5. The fourth-order valence-corrected chi connectivity index (χ4v) is 3.67. The highest BCUT2D eigenvalue weighted by Gasteiger charge is 2.26. The summed E-state index contributed by atoms with van der Waals surface area (Å²) in [4.78, 5) is 19.8. The fraction of sp³-hybridized carbons (Fsp3) is 0.350. The molecule has 0 saturated carbocycles. The minimum Gasteiger partial charge on any atom is -0.398 e. The molecular formula is C20H25Cl2N5O. The smallest absolute Gasteiger partial charge is 0.260 e. The van der Waals surface area contributed by atoms with E-state index in [1.165, 1.54) is 0 Å². The first-order valence-corrected chi connectivity index (χ1v) is 9.01. The van der Waals surface area contributed by atoms with Gasteiger partial charge in [0.2, 0.25) is 0 Å². The Labute approximate surface area is 176 Å². The average molecular weight is 422 g/mol. The average Bonchev–Trinajstić information content (AvgIpc) is 3.03. The molecule has 0 unspecified atom stereocenters. The van der Waals surface area contributed by atoms with Crippen LogP contribution in [0.15, 0.2) is 30.5 Å². The Morgan fingerprint density at radius 3 is 2.71 bits per heavy atom. The first kappa shape index (κ1) is 22.0. The van der Waals surface area contributed by atoms with E-state index >= 15 is 0 Å². The van der Waals surface area contributed by atoms with Crippen molar-refractivity contribution in [2.45, 2.75) is 39.7 Å². The summed E-state index contributed by atoms with van der Waals surface area (Å²) >= 11 is 0. The van der Waals surface area contributed by atoms with Crippen molar-refractivity contribution >= 4 is 53.1 Å². The summed E-state index contributed by atoms with van der Waals surface area (Å²) in [5.41, 5.74) is 11.0. The van der Waals surface area contributed by atoms with Crippen molar-refractivity contribution in [1.82, 2.24) is 14.8 Å². The van der Waals surface area contributed by atoms with Crippen LogP contribution in [0.3, 0.4) is 0 Å². The molecule has 2 N–H and O–H groups in total. The summed E-state index contributed by atoms with van der Waals surface area (Å²) in [5, 5.41) is 5.30. The highest BCUT2D eigenvalue weighted by Crippen LogP contribution is 2.33. The van der Waals surface area contributed by atoms with Gasteiger partial charge in [-0.3, -0.25) is 4.79 Å². The van der Waals surface area contributed by atoms with E-state index in [1.807, 2.05) is 40.8 Å². The van der Waals surface area contributed by atoms with Gasteiger partial charge in [0, 0.05) is 29.3 Å². The topological polar surface area (TPSA) is 77.0 Å². The quantitative estimate of drug-likeness (QED) is 0.624. The van der Waals surface area contributed by atoms with Gasteiger partial charge in [0.1, 0.15) is 0 Å². The zero-order chi connectivity index (χ0) is 18.4. The van der Waals surface area contributed by atoms with Crippen LogP contribution in [0.25, 0.3) is 11.0 Å². The summed E-state index contributed by atoms with van der Waals surface area (Å²) in [6.45, 7) is 6.71. The van der Waals surface area contributed by atoms with Gasteiger partial charge in [0.25, 0.3) is 5.91 Å². The molecule has 0 aliphatic carbocycles. The number of nitrogen functional groups attached to an aromatic ring is 1. The predicted octanol–water partition coefficient (Wildman–Crippen LogP) is 4.34. The van der Waals surface area contributed by atoms with Gasteiger partial charge in [0.05, 0.1) is 17.5 Å². The second-order valence-corrected chi connectivity index (χ2v) is 7.12. The van der Waals surface area contributed by atoms with Crippen LogP contribution >= 0.6 is 24.8 Å². The number of amides is 1. The van der Waals surface area contributed by atoms with Gasteiger partial charge < -0.3 is 10.6 Å². The number of halogens is 2. The van der Waals surface area contributed by atoms with Crippen LogP contribution < -0.4 is 10.6 Å². The third-order valence-electron chi connectivity index (χ3n) is 5.01. The predicted molar refractivity (Wildman–Crippen MR) is 118 cm³/mol. The molecule has 2 aromatic heterocycles. The van der Waals surface area contributed by atoms with Crippen LogP contribution in [0.5, 0.6) is 0 Å². The van der Waals surface area contributed by atoms with Crippen molar-refractivity contribution in [3.05, 3.63) is 47.3 Å². The van der Waals surface area contributed by atoms with E-state index in [0.29, 0.717) is 12.1 Å². The van der Waals surface area contributed by atoms with E-state index < -0.39 is 0 Å². The highest BCUT2D eigenvalue weighted by atomic mass is 35.5. The van der Waals surface area contributed by atoms with Crippen LogP contribution in [0.1, 0.15) is 47.9 Å². The third kappa shape index (κ3) is 3.54. The molecule has 4 rings (SSSR count). The number of nitrogens with two attached hydrogens (primary N) is 1. The monoisotopic (exact) mass is 421 g/mol. The van der Waals surface area contributed by atoms with E-state index in [9.17, 15) is 4.79 Å². The molecule has 6 nitrogen and oxygen atoms in total. The molecule has 1 amide bonds. The van der Waals surface area contributed by atoms with Crippen LogP contribution in [-0.2, 0) is 6.42 Å². The first-order valence-electron chi connectivity index (χ1n) is 9.01. The molecule has 0 fully saturated rings.